The molecular formula is C19H17ClN4O2S. The summed E-state index contributed by atoms with van der Waals surface area (Å²) < 4.78 is 0. The van der Waals surface area contributed by atoms with Gasteiger partial charge in [0.05, 0.1) is 10.9 Å². The number of rotatable bonds is 6. The molecule has 0 fully saturated rings. The number of nitrogens with zero attached hydrogens (tertiary/aromatic N) is 2. The highest BCUT2D eigenvalue weighted by molar-refractivity contribution is 8.00. The second-order valence-electron chi connectivity index (χ2n) is 5.82. The number of anilines is 1. The molecule has 3 rings (SSSR count). The molecule has 0 aliphatic carbocycles. The molecule has 0 aliphatic heterocycles. The lowest BCUT2D eigenvalue weighted by molar-refractivity contribution is -0.115. The monoisotopic (exact) mass is 400 g/mol. The van der Waals surface area contributed by atoms with Crippen molar-refractivity contribution < 1.29 is 9.59 Å². The Morgan fingerprint density at radius 1 is 1.15 bits per heavy atom. The van der Waals surface area contributed by atoms with Crippen LogP contribution in [-0.2, 0) is 4.79 Å². The van der Waals surface area contributed by atoms with Gasteiger partial charge in [0, 0.05) is 16.1 Å². The molecule has 0 bridgehead atoms. The first kappa shape index (κ1) is 19.1. The maximum atomic E-state index is 12.5. The normalized spacial score (nSPS) is 11.8. The molecule has 0 aliphatic rings. The van der Waals surface area contributed by atoms with Crippen molar-refractivity contribution in [3.63, 3.8) is 0 Å². The highest BCUT2D eigenvalue weighted by Crippen LogP contribution is 2.25. The molecule has 2 aromatic carbocycles. The van der Waals surface area contributed by atoms with Gasteiger partial charge in [-0.05, 0) is 50.2 Å². The number of ketones is 1. The molecule has 1 unspecified atom stereocenters. The lowest BCUT2D eigenvalue weighted by Crippen LogP contribution is -2.23. The van der Waals surface area contributed by atoms with Crippen molar-refractivity contribution in [3.05, 3.63) is 59.1 Å². The Hall–Kier alpha value is -2.64. The molecule has 1 aromatic heterocycles. The van der Waals surface area contributed by atoms with Gasteiger partial charge in [-0.2, -0.15) is 0 Å². The molecule has 0 spiro atoms. The third kappa shape index (κ3) is 4.75. The van der Waals surface area contributed by atoms with Gasteiger partial charge >= 0.3 is 0 Å². The fourth-order valence-corrected chi connectivity index (χ4v) is 3.23. The topological polar surface area (TPSA) is 87.7 Å². The van der Waals surface area contributed by atoms with E-state index in [2.05, 4.69) is 20.5 Å². The summed E-state index contributed by atoms with van der Waals surface area (Å²) in [5.74, 6) is 0.267. The fourth-order valence-electron chi connectivity index (χ4n) is 2.38. The SMILES string of the molecule is CC(=O)c1ccccc1NC(=O)C(C)Sc1n[nH]c(-c2ccc(Cl)cc2)n1. The lowest BCUT2D eigenvalue weighted by atomic mass is 10.1. The molecule has 0 radical (unpaired) electrons. The van der Waals surface area contributed by atoms with Crippen molar-refractivity contribution in [2.45, 2.75) is 24.3 Å². The van der Waals surface area contributed by atoms with Crippen LogP contribution in [0, 0.1) is 0 Å². The Labute approximate surface area is 165 Å². The quantitative estimate of drug-likeness (QED) is 0.471. The van der Waals surface area contributed by atoms with Crippen molar-refractivity contribution in [2.24, 2.45) is 0 Å². The van der Waals surface area contributed by atoms with Crippen molar-refractivity contribution in [1.82, 2.24) is 15.2 Å². The maximum absolute atomic E-state index is 12.5. The van der Waals surface area contributed by atoms with E-state index < -0.39 is 5.25 Å². The first-order valence-electron chi connectivity index (χ1n) is 8.20. The average molecular weight is 401 g/mol. The maximum Gasteiger partial charge on any atom is 0.237 e. The van der Waals surface area contributed by atoms with E-state index in [4.69, 9.17) is 11.6 Å². The highest BCUT2D eigenvalue weighted by Gasteiger charge is 2.19. The summed E-state index contributed by atoms with van der Waals surface area (Å²) in [4.78, 5) is 28.6. The molecule has 3 aromatic rings. The second-order valence-corrected chi connectivity index (χ2v) is 7.57. The number of amides is 1. The summed E-state index contributed by atoms with van der Waals surface area (Å²) in [6.45, 7) is 3.23. The van der Waals surface area contributed by atoms with Gasteiger partial charge in [-0.25, -0.2) is 4.98 Å². The first-order chi connectivity index (χ1) is 12.9. The largest absolute Gasteiger partial charge is 0.324 e. The number of nitrogens with one attached hydrogen (secondary N) is 2. The number of benzene rings is 2. The van der Waals surface area contributed by atoms with Crippen molar-refractivity contribution in [1.29, 1.82) is 0 Å². The zero-order valence-electron chi connectivity index (χ0n) is 14.7. The third-order valence-corrected chi connectivity index (χ3v) is 5.01. The molecule has 27 heavy (non-hydrogen) atoms. The van der Waals surface area contributed by atoms with E-state index >= 15 is 0 Å². The molecule has 1 heterocycles. The molecule has 1 atom stereocenters. The summed E-state index contributed by atoms with van der Waals surface area (Å²) in [5, 5.41) is 10.5. The van der Waals surface area contributed by atoms with Crippen LogP contribution in [0.2, 0.25) is 5.02 Å². The predicted octanol–water partition coefficient (Wildman–Crippen LogP) is 4.45. The zero-order chi connectivity index (χ0) is 19.4. The summed E-state index contributed by atoms with van der Waals surface area (Å²) in [7, 11) is 0. The molecular weight excluding hydrogens is 384 g/mol. The minimum absolute atomic E-state index is 0.104. The van der Waals surface area contributed by atoms with Gasteiger partial charge in [-0.1, -0.05) is 35.5 Å². The van der Waals surface area contributed by atoms with Crippen molar-refractivity contribution in [2.75, 3.05) is 5.32 Å². The van der Waals surface area contributed by atoms with E-state index in [1.54, 1.807) is 43.3 Å². The van der Waals surface area contributed by atoms with Gasteiger partial charge in [0.2, 0.25) is 11.1 Å². The zero-order valence-corrected chi connectivity index (χ0v) is 16.3. The van der Waals surface area contributed by atoms with Crippen LogP contribution in [0.4, 0.5) is 5.69 Å². The van der Waals surface area contributed by atoms with Crippen LogP contribution in [-0.4, -0.2) is 32.1 Å². The number of hydrogen-bond donors (Lipinski definition) is 2. The van der Waals surface area contributed by atoms with E-state index in [1.807, 2.05) is 12.1 Å². The van der Waals surface area contributed by atoms with Gasteiger partial charge in [-0.3, -0.25) is 14.7 Å². The molecule has 8 heteroatoms. The molecule has 0 saturated carbocycles. The van der Waals surface area contributed by atoms with E-state index in [0.29, 0.717) is 27.3 Å². The van der Waals surface area contributed by atoms with E-state index in [-0.39, 0.29) is 11.7 Å². The number of aromatic nitrogens is 3. The minimum Gasteiger partial charge on any atom is -0.324 e. The fraction of sp³-hybridized carbons (Fsp3) is 0.158. The number of thioether (sulfide) groups is 1. The number of halogens is 1. The van der Waals surface area contributed by atoms with Crippen LogP contribution in [0.5, 0.6) is 0 Å². The number of carbonyl (C=O) groups excluding carboxylic acids is 2. The van der Waals surface area contributed by atoms with Gasteiger partial charge in [0.25, 0.3) is 0 Å². The van der Waals surface area contributed by atoms with Crippen molar-refractivity contribution in [3.8, 4) is 11.4 Å². The molecule has 138 valence electrons. The Balaban J connectivity index is 1.67. The molecule has 6 nitrogen and oxygen atoms in total. The smallest absolute Gasteiger partial charge is 0.237 e. The Morgan fingerprint density at radius 2 is 1.85 bits per heavy atom. The molecule has 0 saturated heterocycles. The van der Waals surface area contributed by atoms with Crippen LogP contribution in [0.3, 0.4) is 0 Å². The van der Waals surface area contributed by atoms with Crippen LogP contribution >= 0.6 is 23.4 Å². The van der Waals surface area contributed by atoms with Gasteiger partial charge in [-0.15, -0.1) is 5.10 Å². The number of aromatic amines is 1. The van der Waals surface area contributed by atoms with Gasteiger partial charge in [0.1, 0.15) is 0 Å². The average Bonchev–Trinajstić information content (AvgIpc) is 3.11. The Kier molecular flexibility index (Phi) is 5.93. The number of Topliss-reactive ketones (excluding diaryl/α,β-unsaturated/α-hetero) is 1. The van der Waals surface area contributed by atoms with E-state index in [9.17, 15) is 9.59 Å². The van der Waals surface area contributed by atoms with Crippen LogP contribution in [0.25, 0.3) is 11.4 Å². The van der Waals surface area contributed by atoms with Gasteiger partial charge in [0.15, 0.2) is 11.6 Å². The number of H-pyrrole nitrogens is 1. The molecule has 1 amide bonds. The van der Waals surface area contributed by atoms with Crippen LogP contribution in [0.15, 0.2) is 53.7 Å². The summed E-state index contributed by atoms with van der Waals surface area (Å²) >= 11 is 7.12. The first-order valence-corrected chi connectivity index (χ1v) is 9.45. The minimum atomic E-state index is -0.445. The summed E-state index contributed by atoms with van der Waals surface area (Å²) in [6.07, 6.45) is 0. The predicted molar refractivity (Wildman–Crippen MR) is 107 cm³/mol. The standard InChI is InChI=1S/C19H17ClN4O2S/c1-11(25)15-5-3-4-6-16(15)21-18(26)12(2)27-19-22-17(23-24-19)13-7-9-14(20)10-8-13/h3-10,12H,1-2H3,(H,21,26)(H,22,23,24). The number of carbonyl (C=O) groups is 2. The van der Waals surface area contributed by atoms with Crippen LogP contribution < -0.4 is 5.32 Å². The second kappa shape index (κ2) is 8.37. The van der Waals surface area contributed by atoms with E-state index in [0.717, 1.165) is 5.56 Å². The summed E-state index contributed by atoms with van der Waals surface area (Å²) in [5.41, 5.74) is 1.83. The number of hydrogen-bond acceptors (Lipinski definition) is 5. The lowest BCUT2D eigenvalue weighted by Gasteiger charge is -2.12. The van der Waals surface area contributed by atoms with Crippen molar-refractivity contribution >= 4 is 40.7 Å². The van der Waals surface area contributed by atoms with Gasteiger partial charge < -0.3 is 5.32 Å². The van der Waals surface area contributed by atoms with E-state index in [1.165, 1.54) is 18.7 Å². The number of para-hydroxylation sites is 1. The summed E-state index contributed by atoms with van der Waals surface area (Å²) in [6, 6.07) is 14.1. The molecule has 2 N–H and O–H groups in total. The van der Waals surface area contributed by atoms with Crippen LogP contribution in [0.1, 0.15) is 24.2 Å². The Morgan fingerprint density at radius 3 is 2.56 bits per heavy atom. The third-order valence-electron chi connectivity index (χ3n) is 3.80. The Bertz CT molecular complexity index is 972. The highest BCUT2D eigenvalue weighted by atomic mass is 35.5.